The van der Waals surface area contributed by atoms with E-state index in [-0.39, 0.29) is 12.5 Å². The monoisotopic (exact) mass is 353 g/mol. The van der Waals surface area contributed by atoms with E-state index in [1.807, 2.05) is 30.3 Å². The molecule has 0 saturated carbocycles. The number of anilines is 1. The Morgan fingerprint density at radius 3 is 2.38 bits per heavy atom. The van der Waals surface area contributed by atoms with Gasteiger partial charge in [0, 0.05) is 38.4 Å². The van der Waals surface area contributed by atoms with Crippen molar-refractivity contribution in [1.82, 2.24) is 10.2 Å². The number of amides is 1. The Balaban J connectivity index is 1.37. The zero-order valence-corrected chi connectivity index (χ0v) is 15.4. The average molecular weight is 353 g/mol. The topological polar surface area (TPSA) is 44.8 Å². The summed E-state index contributed by atoms with van der Waals surface area (Å²) in [5, 5.41) is 2.90. The van der Waals surface area contributed by atoms with E-state index in [1.54, 1.807) is 0 Å². The van der Waals surface area contributed by atoms with Crippen molar-refractivity contribution < 1.29 is 9.53 Å². The Morgan fingerprint density at radius 1 is 1.00 bits per heavy atom. The molecule has 5 heteroatoms. The van der Waals surface area contributed by atoms with E-state index in [0.29, 0.717) is 12.3 Å². The van der Waals surface area contributed by atoms with Crippen LogP contribution in [0.3, 0.4) is 0 Å². The summed E-state index contributed by atoms with van der Waals surface area (Å²) in [4.78, 5) is 16.6. The maximum atomic E-state index is 11.8. The summed E-state index contributed by atoms with van der Waals surface area (Å²) in [6.07, 6.45) is 0.820. The van der Waals surface area contributed by atoms with Crippen molar-refractivity contribution in [3.63, 3.8) is 0 Å². The van der Waals surface area contributed by atoms with Crippen LogP contribution in [0.4, 0.5) is 5.69 Å². The first-order valence-corrected chi connectivity index (χ1v) is 9.18. The molecule has 2 aromatic rings. The fourth-order valence-electron chi connectivity index (χ4n) is 3.00. The minimum Gasteiger partial charge on any atom is -0.484 e. The van der Waals surface area contributed by atoms with Gasteiger partial charge < -0.3 is 19.9 Å². The molecule has 1 N–H and O–H groups in total. The lowest BCUT2D eigenvalue weighted by molar-refractivity contribution is -0.123. The molecule has 1 amide bonds. The molecular weight excluding hydrogens is 326 g/mol. The van der Waals surface area contributed by atoms with Gasteiger partial charge in [0.15, 0.2) is 6.61 Å². The number of carbonyl (C=O) groups is 1. The van der Waals surface area contributed by atoms with Crippen LogP contribution in [0.2, 0.25) is 0 Å². The van der Waals surface area contributed by atoms with Crippen molar-refractivity contribution in [3.8, 4) is 5.75 Å². The molecule has 0 unspecified atom stereocenters. The molecule has 2 aromatic carbocycles. The van der Waals surface area contributed by atoms with Crippen molar-refractivity contribution in [1.29, 1.82) is 0 Å². The number of nitrogens with zero attached hydrogens (tertiary/aromatic N) is 2. The third-order valence-corrected chi connectivity index (χ3v) is 4.65. The molecule has 1 aliphatic rings. The van der Waals surface area contributed by atoms with Crippen molar-refractivity contribution >= 4 is 11.6 Å². The lowest BCUT2D eigenvalue weighted by atomic mass is 10.1. The standard InChI is InChI=1S/C21H27N3O2/c1-23-13-15-24(16-14-23)19-9-7-18(8-10-19)11-12-22-21(25)17-26-20-5-3-2-4-6-20/h2-10H,11-17H2,1H3,(H,22,25). The zero-order valence-electron chi connectivity index (χ0n) is 15.4. The first-order valence-electron chi connectivity index (χ1n) is 9.18. The second-order valence-corrected chi connectivity index (χ2v) is 6.66. The summed E-state index contributed by atoms with van der Waals surface area (Å²) < 4.78 is 5.44. The van der Waals surface area contributed by atoms with E-state index >= 15 is 0 Å². The normalized spacial score (nSPS) is 14.9. The summed E-state index contributed by atoms with van der Waals surface area (Å²) in [5.41, 5.74) is 2.51. The third-order valence-electron chi connectivity index (χ3n) is 4.65. The van der Waals surface area contributed by atoms with E-state index in [1.165, 1.54) is 11.3 Å². The molecule has 26 heavy (non-hydrogen) atoms. The van der Waals surface area contributed by atoms with Crippen molar-refractivity contribution in [2.45, 2.75) is 6.42 Å². The van der Waals surface area contributed by atoms with Crippen LogP contribution in [0.15, 0.2) is 54.6 Å². The van der Waals surface area contributed by atoms with Crippen molar-refractivity contribution in [2.24, 2.45) is 0 Å². The number of likely N-dealkylation sites (N-methyl/N-ethyl adjacent to an activating group) is 1. The molecule has 3 rings (SSSR count). The minimum atomic E-state index is -0.0945. The Hall–Kier alpha value is -2.53. The summed E-state index contributed by atoms with van der Waals surface area (Å²) >= 11 is 0. The number of hydrogen-bond donors (Lipinski definition) is 1. The average Bonchev–Trinajstić information content (AvgIpc) is 2.68. The number of piperazine rings is 1. The number of rotatable bonds is 7. The van der Waals surface area contributed by atoms with E-state index in [2.05, 4.69) is 46.4 Å². The van der Waals surface area contributed by atoms with Crippen LogP contribution in [-0.4, -0.2) is 57.2 Å². The molecule has 5 nitrogen and oxygen atoms in total. The molecule has 1 saturated heterocycles. The predicted molar refractivity (Wildman–Crippen MR) is 105 cm³/mol. The molecule has 0 aliphatic carbocycles. The first-order chi connectivity index (χ1) is 12.7. The van der Waals surface area contributed by atoms with Gasteiger partial charge in [0.05, 0.1) is 0 Å². The van der Waals surface area contributed by atoms with Crippen LogP contribution in [0, 0.1) is 0 Å². The summed E-state index contributed by atoms with van der Waals surface area (Å²) in [5.74, 6) is 0.616. The predicted octanol–water partition coefficient (Wildman–Crippen LogP) is 2.18. The Kier molecular flexibility index (Phi) is 6.50. The largest absolute Gasteiger partial charge is 0.484 e. The summed E-state index contributed by atoms with van der Waals surface area (Å²) in [7, 11) is 2.17. The molecule has 0 atom stereocenters. The molecule has 0 aromatic heterocycles. The molecule has 0 bridgehead atoms. The Bertz CT molecular complexity index is 680. The molecule has 1 fully saturated rings. The van der Waals surface area contributed by atoms with E-state index in [4.69, 9.17) is 4.74 Å². The van der Waals surface area contributed by atoms with Gasteiger partial charge in [-0.05, 0) is 43.3 Å². The maximum absolute atomic E-state index is 11.8. The number of nitrogens with one attached hydrogen (secondary N) is 1. The number of benzene rings is 2. The van der Waals surface area contributed by atoms with E-state index in [0.717, 1.165) is 32.6 Å². The van der Waals surface area contributed by atoms with Crippen LogP contribution >= 0.6 is 0 Å². The molecule has 1 heterocycles. The smallest absolute Gasteiger partial charge is 0.257 e. The van der Waals surface area contributed by atoms with Gasteiger partial charge in [-0.2, -0.15) is 0 Å². The van der Waals surface area contributed by atoms with Crippen LogP contribution in [0.1, 0.15) is 5.56 Å². The van der Waals surface area contributed by atoms with Crippen molar-refractivity contribution in [3.05, 3.63) is 60.2 Å². The van der Waals surface area contributed by atoms with Crippen LogP contribution in [0.25, 0.3) is 0 Å². The summed E-state index contributed by atoms with van der Waals surface area (Å²) in [6.45, 7) is 5.04. The minimum absolute atomic E-state index is 0.0480. The lowest BCUT2D eigenvalue weighted by Gasteiger charge is -2.34. The molecule has 0 radical (unpaired) electrons. The second kappa shape index (κ2) is 9.25. The first kappa shape index (κ1) is 18.3. The van der Waals surface area contributed by atoms with Crippen molar-refractivity contribution in [2.75, 3.05) is 51.3 Å². The molecule has 0 spiro atoms. The van der Waals surface area contributed by atoms with Gasteiger partial charge in [-0.25, -0.2) is 0 Å². The number of ether oxygens (including phenoxy) is 1. The van der Waals surface area contributed by atoms with Crippen LogP contribution < -0.4 is 15.0 Å². The number of hydrogen-bond acceptors (Lipinski definition) is 4. The second-order valence-electron chi connectivity index (χ2n) is 6.66. The highest BCUT2D eigenvalue weighted by Gasteiger charge is 2.13. The quantitative estimate of drug-likeness (QED) is 0.829. The van der Waals surface area contributed by atoms with E-state index < -0.39 is 0 Å². The molecule has 138 valence electrons. The van der Waals surface area contributed by atoms with Gasteiger partial charge in [-0.15, -0.1) is 0 Å². The lowest BCUT2D eigenvalue weighted by Crippen LogP contribution is -2.44. The van der Waals surface area contributed by atoms with Gasteiger partial charge in [0.25, 0.3) is 5.91 Å². The van der Waals surface area contributed by atoms with Crippen LogP contribution in [0.5, 0.6) is 5.75 Å². The molecular formula is C21H27N3O2. The SMILES string of the molecule is CN1CCN(c2ccc(CCNC(=O)COc3ccccc3)cc2)CC1. The fourth-order valence-corrected chi connectivity index (χ4v) is 3.00. The van der Waals surface area contributed by atoms with Gasteiger partial charge in [-0.1, -0.05) is 30.3 Å². The Morgan fingerprint density at radius 2 is 1.69 bits per heavy atom. The van der Waals surface area contributed by atoms with Crippen LogP contribution in [-0.2, 0) is 11.2 Å². The van der Waals surface area contributed by atoms with E-state index in [9.17, 15) is 4.79 Å². The highest BCUT2D eigenvalue weighted by atomic mass is 16.5. The number of carbonyl (C=O) groups excluding carboxylic acids is 1. The highest BCUT2D eigenvalue weighted by molar-refractivity contribution is 5.77. The van der Waals surface area contributed by atoms with Gasteiger partial charge in [0.2, 0.25) is 0 Å². The fraction of sp³-hybridized carbons (Fsp3) is 0.381. The Labute approximate surface area is 155 Å². The zero-order chi connectivity index (χ0) is 18.2. The number of para-hydroxylation sites is 1. The maximum Gasteiger partial charge on any atom is 0.257 e. The third kappa shape index (κ3) is 5.49. The van der Waals surface area contributed by atoms with Gasteiger partial charge in [-0.3, -0.25) is 4.79 Å². The molecule has 1 aliphatic heterocycles. The highest BCUT2D eigenvalue weighted by Crippen LogP contribution is 2.17. The summed E-state index contributed by atoms with van der Waals surface area (Å²) in [6, 6.07) is 18.0. The van der Waals surface area contributed by atoms with Gasteiger partial charge in [0.1, 0.15) is 5.75 Å². The van der Waals surface area contributed by atoms with Gasteiger partial charge >= 0.3 is 0 Å².